The van der Waals surface area contributed by atoms with Crippen LogP contribution >= 0.6 is 0 Å². The third kappa shape index (κ3) is 1.53. The zero-order valence-electron chi connectivity index (χ0n) is 9.53. The molecular formula is C13H24. The van der Waals surface area contributed by atoms with Crippen molar-refractivity contribution in [2.24, 2.45) is 16.7 Å². The molecule has 0 amide bonds. The van der Waals surface area contributed by atoms with Crippen LogP contribution in [0.3, 0.4) is 0 Å². The third-order valence-electron chi connectivity index (χ3n) is 5.06. The maximum absolute atomic E-state index is 2.52. The SMILES string of the molecule is CC(C)[C@]1(C)CCC2(CCCC2)C1. The lowest BCUT2D eigenvalue weighted by molar-refractivity contribution is 0.184. The molecule has 1 atom stereocenters. The zero-order chi connectivity index (χ0) is 9.53. The fourth-order valence-corrected chi connectivity index (χ4v) is 3.63. The van der Waals surface area contributed by atoms with Gasteiger partial charge in [0, 0.05) is 0 Å². The van der Waals surface area contributed by atoms with Crippen LogP contribution in [0.1, 0.15) is 65.7 Å². The van der Waals surface area contributed by atoms with Crippen molar-refractivity contribution in [1.29, 1.82) is 0 Å². The Hall–Kier alpha value is 0. The van der Waals surface area contributed by atoms with Gasteiger partial charge in [-0.05, 0) is 48.9 Å². The van der Waals surface area contributed by atoms with Crippen molar-refractivity contribution in [3.63, 3.8) is 0 Å². The molecule has 0 heteroatoms. The van der Waals surface area contributed by atoms with Crippen molar-refractivity contribution >= 4 is 0 Å². The molecule has 0 N–H and O–H groups in total. The summed E-state index contributed by atoms with van der Waals surface area (Å²) in [6.45, 7) is 7.34. The van der Waals surface area contributed by atoms with E-state index in [0.717, 1.165) is 11.3 Å². The molecule has 13 heavy (non-hydrogen) atoms. The molecule has 76 valence electrons. The summed E-state index contributed by atoms with van der Waals surface area (Å²) in [6, 6.07) is 0. The van der Waals surface area contributed by atoms with Crippen molar-refractivity contribution in [3.05, 3.63) is 0 Å². The van der Waals surface area contributed by atoms with Gasteiger partial charge in [-0.3, -0.25) is 0 Å². The summed E-state index contributed by atoms with van der Waals surface area (Å²) in [6.07, 6.45) is 10.6. The second-order valence-corrected chi connectivity index (χ2v) is 6.19. The van der Waals surface area contributed by atoms with E-state index in [9.17, 15) is 0 Å². The van der Waals surface area contributed by atoms with Crippen LogP contribution in [0.15, 0.2) is 0 Å². The minimum absolute atomic E-state index is 0.671. The van der Waals surface area contributed by atoms with E-state index < -0.39 is 0 Å². The standard InChI is InChI=1S/C13H24/c1-11(2)12(3)8-9-13(10-12)6-4-5-7-13/h11H,4-10H2,1-3H3/t12-/m1/s1. The molecule has 2 aliphatic rings. The van der Waals surface area contributed by atoms with Crippen LogP contribution in [-0.2, 0) is 0 Å². The summed E-state index contributed by atoms with van der Waals surface area (Å²) in [4.78, 5) is 0. The van der Waals surface area contributed by atoms with Crippen LogP contribution < -0.4 is 0 Å². The van der Waals surface area contributed by atoms with Crippen molar-refractivity contribution in [2.75, 3.05) is 0 Å². The van der Waals surface area contributed by atoms with Crippen LogP contribution in [0.25, 0.3) is 0 Å². The first kappa shape index (κ1) is 9.55. The van der Waals surface area contributed by atoms with Gasteiger partial charge in [0.2, 0.25) is 0 Å². The molecule has 1 spiro atoms. The van der Waals surface area contributed by atoms with Gasteiger partial charge >= 0.3 is 0 Å². The predicted molar refractivity (Wildman–Crippen MR) is 57.7 cm³/mol. The van der Waals surface area contributed by atoms with Gasteiger partial charge in [0.1, 0.15) is 0 Å². The fraction of sp³-hybridized carbons (Fsp3) is 1.00. The molecule has 0 unspecified atom stereocenters. The molecule has 0 nitrogen and oxygen atoms in total. The molecule has 0 saturated heterocycles. The Kier molecular flexibility index (Phi) is 2.20. The Morgan fingerprint density at radius 1 is 0.923 bits per heavy atom. The highest BCUT2D eigenvalue weighted by atomic mass is 14.5. The molecule has 2 saturated carbocycles. The van der Waals surface area contributed by atoms with E-state index in [1.807, 2.05) is 0 Å². The normalized spacial score (nSPS) is 37.8. The van der Waals surface area contributed by atoms with Crippen LogP contribution in [0.4, 0.5) is 0 Å². The second-order valence-electron chi connectivity index (χ2n) is 6.19. The highest BCUT2D eigenvalue weighted by Gasteiger charge is 2.47. The summed E-state index contributed by atoms with van der Waals surface area (Å²) in [7, 11) is 0. The van der Waals surface area contributed by atoms with Crippen molar-refractivity contribution in [2.45, 2.75) is 65.7 Å². The molecule has 2 rings (SSSR count). The number of hydrogen-bond donors (Lipinski definition) is 0. The molecule has 0 radical (unpaired) electrons. The van der Waals surface area contributed by atoms with Gasteiger partial charge in [0.15, 0.2) is 0 Å². The van der Waals surface area contributed by atoms with E-state index in [4.69, 9.17) is 0 Å². The molecule has 0 bridgehead atoms. The Morgan fingerprint density at radius 2 is 1.54 bits per heavy atom. The topological polar surface area (TPSA) is 0 Å². The summed E-state index contributed by atoms with van der Waals surface area (Å²) < 4.78 is 0. The van der Waals surface area contributed by atoms with Crippen LogP contribution in [-0.4, -0.2) is 0 Å². The third-order valence-corrected chi connectivity index (χ3v) is 5.06. The minimum Gasteiger partial charge on any atom is -0.0623 e. The summed E-state index contributed by atoms with van der Waals surface area (Å²) in [5.41, 5.74) is 1.48. The molecule has 0 aromatic rings. The van der Waals surface area contributed by atoms with Gasteiger partial charge in [0.05, 0.1) is 0 Å². The van der Waals surface area contributed by atoms with E-state index in [0.29, 0.717) is 5.41 Å². The van der Waals surface area contributed by atoms with Gasteiger partial charge in [-0.2, -0.15) is 0 Å². The summed E-state index contributed by atoms with van der Waals surface area (Å²) >= 11 is 0. The maximum Gasteiger partial charge on any atom is -0.0292 e. The van der Waals surface area contributed by atoms with Crippen LogP contribution in [0.2, 0.25) is 0 Å². The largest absolute Gasteiger partial charge is 0.0623 e. The highest BCUT2D eigenvalue weighted by molar-refractivity contribution is 4.98. The van der Waals surface area contributed by atoms with E-state index in [-0.39, 0.29) is 0 Å². The lowest BCUT2D eigenvalue weighted by atomic mass is 9.73. The Morgan fingerprint density at radius 3 is 2.00 bits per heavy atom. The molecule has 2 aliphatic carbocycles. The molecule has 0 aliphatic heterocycles. The van der Waals surface area contributed by atoms with Crippen LogP contribution in [0.5, 0.6) is 0 Å². The zero-order valence-corrected chi connectivity index (χ0v) is 9.53. The lowest BCUT2D eigenvalue weighted by Crippen LogP contribution is -2.22. The maximum atomic E-state index is 2.52. The average Bonchev–Trinajstić information content (AvgIpc) is 2.62. The molecule has 0 heterocycles. The van der Waals surface area contributed by atoms with E-state index in [2.05, 4.69) is 20.8 Å². The monoisotopic (exact) mass is 180 g/mol. The van der Waals surface area contributed by atoms with E-state index in [1.165, 1.54) is 44.9 Å². The van der Waals surface area contributed by atoms with Crippen molar-refractivity contribution in [3.8, 4) is 0 Å². The predicted octanol–water partition coefficient (Wildman–Crippen LogP) is 4.39. The first-order valence-corrected chi connectivity index (χ1v) is 6.06. The Bertz CT molecular complexity index is 182. The quantitative estimate of drug-likeness (QED) is 0.561. The molecule has 0 aromatic carbocycles. The molecule has 0 aromatic heterocycles. The first-order valence-electron chi connectivity index (χ1n) is 6.06. The van der Waals surface area contributed by atoms with E-state index >= 15 is 0 Å². The second kappa shape index (κ2) is 3.00. The van der Waals surface area contributed by atoms with Gasteiger partial charge in [-0.15, -0.1) is 0 Å². The van der Waals surface area contributed by atoms with Crippen molar-refractivity contribution < 1.29 is 0 Å². The summed E-state index contributed by atoms with van der Waals surface area (Å²) in [5, 5.41) is 0. The van der Waals surface area contributed by atoms with E-state index in [1.54, 1.807) is 0 Å². The number of rotatable bonds is 1. The Labute approximate surface area is 83.1 Å². The molecule has 2 fully saturated rings. The van der Waals surface area contributed by atoms with Gasteiger partial charge in [-0.25, -0.2) is 0 Å². The number of hydrogen-bond acceptors (Lipinski definition) is 0. The average molecular weight is 180 g/mol. The first-order chi connectivity index (χ1) is 6.06. The van der Waals surface area contributed by atoms with Gasteiger partial charge in [-0.1, -0.05) is 33.6 Å². The van der Waals surface area contributed by atoms with Gasteiger partial charge in [0.25, 0.3) is 0 Å². The lowest BCUT2D eigenvalue weighted by Gasteiger charge is -2.32. The van der Waals surface area contributed by atoms with Gasteiger partial charge < -0.3 is 0 Å². The Balaban J connectivity index is 2.08. The smallest absolute Gasteiger partial charge is 0.0292 e. The summed E-state index contributed by atoms with van der Waals surface area (Å²) in [5.74, 6) is 0.882. The minimum atomic E-state index is 0.671. The van der Waals surface area contributed by atoms with Crippen molar-refractivity contribution in [1.82, 2.24) is 0 Å². The fourth-order valence-electron chi connectivity index (χ4n) is 3.63. The van der Waals surface area contributed by atoms with Crippen LogP contribution in [0, 0.1) is 16.7 Å². The molecular weight excluding hydrogens is 156 g/mol. The highest BCUT2D eigenvalue weighted by Crippen LogP contribution is 2.59.